The number of amides is 2. The van der Waals surface area contributed by atoms with Gasteiger partial charge >= 0.3 is 6.18 Å². The number of nitrogens with one attached hydrogen (secondary N) is 2. The van der Waals surface area contributed by atoms with Gasteiger partial charge < -0.3 is 15.4 Å². The van der Waals surface area contributed by atoms with E-state index >= 15 is 0 Å². The van der Waals surface area contributed by atoms with Crippen LogP contribution in [0.15, 0.2) is 72.3 Å². The zero-order chi connectivity index (χ0) is 26.3. The maximum atomic E-state index is 12.9. The number of hydrogen-bond acceptors (Lipinski definition) is 4. The first-order valence-corrected chi connectivity index (χ1v) is 10.9. The van der Waals surface area contributed by atoms with Gasteiger partial charge in [0, 0.05) is 11.4 Å². The molecule has 2 N–H and O–H groups in total. The lowest BCUT2D eigenvalue weighted by Crippen LogP contribution is -2.20. The molecular weight excluding hydrogens is 518 g/mol. The molecule has 6 nitrogen and oxygen atoms in total. The molecule has 0 radical (unpaired) electrons. The molecule has 0 aromatic heterocycles. The molecule has 0 aliphatic carbocycles. The van der Waals surface area contributed by atoms with E-state index in [0.29, 0.717) is 5.69 Å². The van der Waals surface area contributed by atoms with E-state index in [0.717, 1.165) is 24.3 Å². The summed E-state index contributed by atoms with van der Waals surface area (Å²) in [5.74, 6) is -1.36. The fourth-order valence-electron chi connectivity index (χ4n) is 2.94. The largest absolute Gasteiger partial charge is 0.481 e. The fraction of sp³-hybridized carbons (Fsp3) is 0.0800. The molecule has 0 bridgehead atoms. The Morgan fingerprint density at radius 2 is 1.58 bits per heavy atom. The summed E-state index contributed by atoms with van der Waals surface area (Å²) < 4.78 is 44.1. The van der Waals surface area contributed by atoms with E-state index in [1.807, 2.05) is 0 Å². The maximum Gasteiger partial charge on any atom is 0.416 e. The van der Waals surface area contributed by atoms with Crippen LogP contribution in [0.4, 0.5) is 24.5 Å². The standard InChI is InChI=1S/C25H16Cl2F3N3O3/c26-20-10-15(11-21(27)23(20)36-14-22(34)32-18-6-2-1-3-7-18)9-16(13-31)24(35)33-19-8-4-5-17(12-19)25(28,29)30/h1-12H,14H2,(H,32,34)(H,33,35)/b16-9+. The second-order valence-corrected chi connectivity index (χ2v) is 8.03. The average Bonchev–Trinajstić information content (AvgIpc) is 2.82. The Kier molecular flexibility index (Phi) is 8.59. The second-order valence-electron chi connectivity index (χ2n) is 7.22. The normalized spacial score (nSPS) is 11.4. The summed E-state index contributed by atoms with van der Waals surface area (Å²) in [5, 5.41) is 14.3. The zero-order valence-corrected chi connectivity index (χ0v) is 19.7. The molecule has 0 aliphatic heterocycles. The van der Waals surface area contributed by atoms with Crippen LogP contribution in [-0.2, 0) is 15.8 Å². The molecule has 11 heteroatoms. The van der Waals surface area contributed by atoms with Crippen LogP contribution >= 0.6 is 23.2 Å². The minimum Gasteiger partial charge on any atom is -0.481 e. The second kappa shape index (κ2) is 11.6. The number of ether oxygens (including phenoxy) is 1. The number of rotatable bonds is 7. The van der Waals surface area contributed by atoms with Gasteiger partial charge in [-0.3, -0.25) is 9.59 Å². The summed E-state index contributed by atoms with van der Waals surface area (Å²) in [6.45, 7) is -0.383. The van der Waals surface area contributed by atoms with Crippen molar-refractivity contribution in [1.82, 2.24) is 0 Å². The van der Waals surface area contributed by atoms with Gasteiger partial charge in [0.25, 0.3) is 11.8 Å². The van der Waals surface area contributed by atoms with Crippen LogP contribution < -0.4 is 15.4 Å². The molecule has 2 amide bonds. The lowest BCUT2D eigenvalue weighted by molar-refractivity contribution is -0.137. The average molecular weight is 534 g/mol. The Morgan fingerprint density at radius 1 is 0.944 bits per heavy atom. The molecule has 36 heavy (non-hydrogen) atoms. The van der Waals surface area contributed by atoms with E-state index in [2.05, 4.69) is 10.6 Å². The van der Waals surface area contributed by atoms with E-state index in [1.54, 1.807) is 36.4 Å². The van der Waals surface area contributed by atoms with Crippen molar-refractivity contribution in [2.24, 2.45) is 0 Å². The summed E-state index contributed by atoms with van der Waals surface area (Å²) in [5.41, 5.74) is -0.660. The van der Waals surface area contributed by atoms with E-state index in [4.69, 9.17) is 27.9 Å². The Labute approximate surface area is 213 Å². The number of nitrogens with zero attached hydrogens (tertiary/aromatic N) is 1. The molecular formula is C25H16Cl2F3N3O3. The number of carbonyl (C=O) groups is 2. The molecule has 0 unspecified atom stereocenters. The number of hydrogen-bond donors (Lipinski definition) is 2. The molecule has 0 aliphatic rings. The van der Waals surface area contributed by atoms with Crippen molar-refractivity contribution >= 4 is 52.5 Å². The highest BCUT2D eigenvalue weighted by Gasteiger charge is 2.30. The first-order valence-electron chi connectivity index (χ1n) is 10.1. The Bertz CT molecular complexity index is 1330. The third-order valence-electron chi connectivity index (χ3n) is 4.55. The number of carbonyl (C=O) groups excluding carboxylic acids is 2. The highest BCUT2D eigenvalue weighted by molar-refractivity contribution is 6.37. The van der Waals surface area contributed by atoms with Gasteiger partial charge in [0.2, 0.25) is 0 Å². The third-order valence-corrected chi connectivity index (χ3v) is 5.11. The fourth-order valence-corrected chi connectivity index (χ4v) is 3.56. The summed E-state index contributed by atoms with van der Waals surface area (Å²) in [6.07, 6.45) is -3.43. The van der Waals surface area contributed by atoms with Crippen molar-refractivity contribution in [3.8, 4) is 11.8 Å². The zero-order valence-electron chi connectivity index (χ0n) is 18.2. The summed E-state index contributed by atoms with van der Waals surface area (Å²) in [4.78, 5) is 24.5. The van der Waals surface area contributed by atoms with Crippen LogP contribution in [0.5, 0.6) is 5.75 Å². The Hall–Kier alpha value is -4.00. The lowest BCUT2D eigenvalue weighted by atomic mass is 10.1. The monoisotopic (exact) mass is 533 g/mol. The number of alkyl halides is 3. The van der Waals surface area contributed by atoms with Crippen LogP contribution in [0.1, 0.15) is 11.1 Å². The molecule has 0 heterocycles. The number of halogens is 5. The van der Waals surface area contributed by atoms with Crippen LogP contribution in [-0.4, -0.2) is 18.4 Å². The number of anilines is 2. The van der Waals surface area contributed by atoms with Gasteiger partial charge in [0.15, 0.2) is 12.4 Å². The summed E-state index contributed by atoms with van der Waals surface area (Å²) >= 11 is 12.4. The van der Waals surface area contributed by atoms with E-state index in [1.165, 1.54) is 18.2 Å². The molecule has 0 saturated carbocycles. The van der Waals surface area contributed by atoms with Gasteiger partial charge in [0.1, 0.15) is 11.6 Å². The van der Waals surface area contributed by atoms with Crippen molar-refractivity contribution in [1.29, 1.82) is 5.26 Å². The minimum atomic E-state index is -4.59. The van der Waals surface area contributed by atoms with Crippen LogP contribution in [0, 0.1) is 11.3 Å². The van der Waals surface area contributed by atoms with Gasteiger partial charge in [-0.15, -0.1) is 0 Å². The first kappa shape index (κ1) is 26.6. The number of para-hydroxylation sites is 1. The molecule has 184 valence electrons. The van der Waals surface area contributed by atoms with Gasteiger partial charge in [-0.25, -0.2) is 0 Å². The van der Waals surface area contributed by atoms with Crippen molar-refractivity contribution in [3.05, 3.63) is 93.5 Å². The highest BCUT2D eigenvalue weighted by atomic mass is 35.5. The topological polar surface area (TPSA) is 91.2 Å². The van der Waals surface area contributed by atoms with Crippen molar-refractivity contribution < 1.29 is 27.5 Å². The van der Waals surface area contributed by atoms with Crippen LogP contribution in [0.2, 0.25) is 10.0 Å². The number of benzene rings is 3. The summed E-state index contributed by atoms with van der Waals surface area (Å²) in [7, 11) is 0. The van der Waals surface area contributed by atoms with Gasteiger partial charge in [-0.05, 0) is 54.1 Å². The molecule has 3 aromatic rings. The minimum absolute atomic E-state index is 0.0110. The molecule has 0 fully saturated rings. The maximum absolute atomic E-state index is 12.9. The van der Waals surface area contributed by atoms with Gasteiger partial charge in [-0.1, -0.05) is 47.5 Å². The Morgan fingerprint density at radius 3 is 2.19 bits per heavy atom. The van der Waals surface area contributed by atoms with Crippen molar-refractivity contribution in [2.45, 2.75) is 6.18 Å². The molecule has 3 rings (SSSR count). The highest BCUT2D eigenvalue weighted by Crippen LogP contribution is 2.35. The SMILES string of the molecule is N#C/C(=C\c1cc(Cl)c(OCC(=O)Nc2ccccc2)c(Cl)c1)C(=O)Nc1cccc(C(F)(F)F)c1. The number of nitriles is 1. The molecule has 3 aromatic carbocycles. The predicted molar refractivity (Wildman–Crippen MR) is 131 cm³/mol. The van der Waals surface area contributed by atoms with Gasteiger partial charge in [-0.2, -0.15) is 18.4 Å². The molecule has 0 spiro atoms. The molecule has 0 atom stereocenters. The lowest BCUT2D eigenvalue weighted by Gasteiger charge is -2.12. The van der Waals surface area contributed by atoms with Crippen LogP contribution in [0.3, 0.4) is 0 Å². The first-order chi connectivity index (χ1) is 17.1. The van der Waals surface area contributed by atoms with Crippen molar-refractivity contribution in [3.63, 3.8) is 0 Å². The third kappa shape index (κ3) is 7.25. The Balaban J connectivity index is 1.71. The smallest absolute Gasteiger partial charge is 0.416 e. The molecule has 0 saturated heterocycles. The van der Waals surface area contributed by atoms with Crippen LogP contribution in [0.25, 0.3) is 6.08 Å². The van der Waals surface area contributed by atoms with E-state index in [9.17, 15) is 28.0 Å². The van der Waals surface area contributed by atoms with E-state index in [-0.39, 0.29) is 33.7 Å². The van der Waals surface area contributed by atoms with E-state index < -0.39 is 29.1 Å². The predicted octanol–water partition coefficient (Wildman–Crippen LogP) is 6.58. The van der Waals surface area contributed by atoms with Crippen molar-refractivity contribution in [2.75, 3.05) is 17.2 Å². The van der Waals surface area contributed by atoms with Gasteiger partial charge in [0.05, 0.1) is 15.6 Å². The quantitative estimate of drug-likeness (QED) is 0.265. The summed E-state index contributed by atoms with van der Waals surface area (Å²) in [6, 6.07) is 17.1.